The van der Waals surface area contributed by atoms with Crippen LogP contribution in [0.15, 0.2) is 18.2 Å². The zero-order chi connectivity index (χ0) is 15.9. The number of rotatable bonds is 1. The lowest BCUT2D eigenvalue weighted by atomic mass is 9.98. The number of nitrogens with one attached hydrogen (secondary N) is 1. The Hall–Kier alpha value is -1.93. The van der Waals surface area contributed by atoms with Gasteiger partial charge in [-0.1, -0.05) is 13.0 Å². The number of benzene rings is 1. The van der Waals surface area contributed by atoms with Gasteiger partial charge in [-0.2, -0.15) is 10.4 Å². The minimum atomic E-state index is 0.251. The third-order valence-electron chi connectivity index (χ3n) is 4.14. The highest BCUT2D eigenvalue weighted by Crippen LogP contribution is 2.45. The first-order valence-corrected chi connectivity index (χ1v) is 8.39. The van der Waals surface area contributed by atoms with Crippen molar-refractivity contribution in [1.29, 1.82) is 5.26 Å². The second kappa shape index (κ2) is 5.69. The molecule has 1 aromatic heterocycles. The zero-order valence-corrected chi connectivity index (χ0v) is 14.2. The Labute approximate surface area is 135 Å². The molecule has 5 heteroatoms. The average Bonchev–Trinajstić information content (AvgIpc) is 2.66. The Bertz CT molecular complexity index is 757. The molecule has 0 spiro atoms. The number of aryl methyl sites for hydroxylation is 3. The highest BCUT2D eigenvalue weighted by molar-refractivity contribution is 8.00. The molecule has 22 heavy (non-hydrogen) atoms. The summed E-state index contributed by atoms with van der Waals surface area (Å²) in [7, 11) is 1.99. The van der Waals surface area contributed by atoms with E-state index in [-0.39, 0.29) is 5.25 Å². The van der Waals surface area contributed by atoms with E-state index in [0.717, 1.165) is 18.1 Å². The first kappa shape index (κ1) is 15.0. The van der Waals surface area contributed by atoms with Gasteiger partial charge in [0.15, 0.2) is 0 Å². The van der Waals surface area contributed by atoms with Crippen LogP contribution in [0.2, 0.25) is 0 Å². The molecule has 0 bridgehead atoms. The molecule has 0 saturated carbocycles. The predicted octanol–water partition coefficient (Wildman–Crippen LogP) is 3.55. The Kier molecular flexibility index (Phi) is 3.88. The summed E-state index contributed by atoms with van der Waals surface area (Å²) < 4.78 is 1.94. The summed E-state index contributed by atoms with van der Waals surface area (Å²) in [6.07, 6.45) is 0. The number of fused-ring (bicyclic) bond motifs is 1. The highest BCUT2D eigenvalue weighted by atomic mass is 32.2. The largest absolute Gasteiger partial charge is 0.369 e. The van der Waals surface area contributed by atoms with Crippen LogP contribution in [0.4, 0.5) is 5.82 Å². The minimum absolute atomic E-state index is 0.251. The van der Waals surface area contributed by atoms with Gasteiger partial charge in [0, 0.05) is 24.4 Å². The van der Waals surface area contributed by atoms with Gasteiger partial charge in [0.05, 0.1) is 22.6 Å². The van der Waals surface area contributed by atoms with Crippen LogP contribution in [0.25, 0.3) is 0 Å². The van der Waals surface area contributed by atoms with Crippen LogP contribution in [-0.4, -0.2) is 21.6 Å². The van der Waals surface area contributed by atoms with E-state index >= 15 is 0 Å². The van der Waals surface area contributed by atoms with Crippen LogP contribution in [0.5, 0.6) is 0 Å². The summed E-state index contributed by atoms with van der Waals surface area (Å²) in [5.74, 6) is 1.11. The fourth-order valence-electron chi connectivity index (χ4n) is 3.06. The predicted molar refractivity (Wildman–Crippen MR) is 91.2 cm³/mol. The molecule has 0 saturated heterocycles. The van der Waals surface area contributed by atoms with E-state index in [2.05, 4.69) is 43.3 Å². The van der Waals surface area contributed by atoms with Gasteiger partial charge in [0.25, 0.3) is 0 Å². The molecule has 0 unspecified atom stereocenters. The van der Waals surface area contributed by atoms with Crippen molar-refractivity contribution in [2.45, 2.75) is 31.3 Å². The maximum Gasteiger partial charge on any atom is 0.128 e. The normalized spacial score (nSPS) is 20.7. The lowest BCUT2D eigenvalue weighted by Crippen LogP contribution is -2.13. The average molecular weight is 312 g/mol. The molecule has 114 valence electrons. The van der Waals surface area contributed by atoms with E-state index in [1.54, 1.807) is 0 Å². The van der Waals surface area contributed by atoms with Crippen LogP contribution >= 0.6 is 11.8 Å². The van der Waals surface area contributed by atoms with Crippen LogP contribution in [0.1, 0.15) is 40.1 Å². The minimum Gasteiger partial charge on any atom is -0.369 e. The van der Waals surface area contributed by atoms with Gasteiger partial charge in [0.1, 0.15) is 5.82 Å². The number of thioether (sulfide) groups is 1. The van der Waals surface area contributed by atoms with Gasteiger partial charge in [-0.05, 0) is 37.1 Å². The Morgan fingerprint density at radius 2 is 2.18 bits per heavy atom. The number of anilines is 1. The Morgan fingerprint density at radius 3 is 2.86 bits per heavy atom. The molecule has 0 radical (unpaired) electrons. The molecule has 3 rings (SSSR count). The van der Waals surface area contributed by atoms with Gasteiger partial charge in [-0.3, -0.25) is 4.68 Å². The lowest BCUT2D eigenvalue weighted by Gasteiger charge is -2.20. The fourth-order valence-corrected chi connectivity index (χ4v) is 4.53. The topological polar surface area (TPSA) is 53.6 Å². The molecular weight excluding hydrogens is 292 g/mol. The van der Waals surface area contributed by atoms with Crippen LogP contribution in [0, 0.1) is 25.2 Å². The molecule has 1 aliphatic heterocycles. The summed E-state index contributed by atoms with van der Waals surface area (Å²) in [5, 5.41) is 18.0. The molecule has 4 nitrogen and oxygen atoms in total. The molecule has 2 heterocycles. The molecule has 2 atom stereocenters. The third-order valence-corrected chi connectivity index (χ3v) is 5.53. The maximum absolute atomic E-state index is 9.08. The van der Waals surface area contributed by atoms with Gasteiger partial charge < -0.3 is 5.32 Å². The van der Waals surface area contributed by atoms with Crippen molar-refractivity contribution in [2.75, 3.05) is 11.9 Å². The summed E-state index contributed by atoms with van der Waals surface area (Å²) >= 11 is 1.96. The van der Waals surface area contributed by atoms with Crippen LogP contribution in [-0.2, 0) is 7.05 Å². The molecule has 2 aromatic rings. The number of hydrogen-bond acceptors (Lipinski definition) is 4. The molecular formula is C17H20N4S. The van der Waals surface area contributed by atoms with E-state index in [1.165, 1.54) is 16.7 Å². The van der Waals surface area contributed by atoms with Gasteiger partial charge in [0.2, 0.25) is 0 Å². The Morgan fingerprint density at radius 1 is 1.41 bits per heavy atom. The number of hydrogen-bond donors (Lipinski definition) is 1. The molecule has 0 fully saturated rings. The van der Waals surface area contributed by atoms with Crippen molar-refractivity contribution in [1.82, 2.24) is 9.78 Å². The van der Waals surface area contributed by atoms with E-state index in [0.29, 0.717) is 10.8 Å². The van der Waals surface area contributed by atoms with Gasteiger partial charge in [-0.25, -0.2) is 0 Å². The van der Waals surface area contributed by atoms with Gasteiger partial charge in [-0.15, -0.1) is 11.8 Å². The van der Waals surface area contributed by atoms with Crippen molar-refractivity contribution < 1.29 is 0 Å². The highest BCUT2D eigenvalue weighted by Gasteiger charge is 2.30. The van der Waals surface area contributed by atoms with E-state index in [4.69, 9.17) is 5.26 Å². The van der Waals surface area contributed by atoms with Gasteiger partial charge >= 0.3 is 0 Å². The monoisotopic (exact) mass is 312 g/mol. The molecule has 0 amide bonds. The number of nitriles is 1. The lowest BCUT2D eigenvalue weighted by molar-refractivity contribution is 0.757. The number of nitrogens with zero attached hydrogens (tertiary/aromatic N) is 3. The van der Waals surface area contributed by atoms with Crippen molar-refractivity contribution in [3.8, 4) is 6.07 Å². The van der Waals surface area contributed by atoms with Crippen molar-refractivity contribution >= 4 is 17.6 Å². The molecule has 1 aliphatic rings. The summed E-state index contributed by atoms with van der Waals surface area (Å²) in [6, 6.07) is 8.21. The van der Waals surface area contributed by atoms with Crippen molar-refractivity contribution in [3.63, 3.8) is 0 Å². The molecule has 1 aromatic carbocycles. The first-order chi connectivity index (χ1) is 10.5. The van der Waals surface area contributed by atoms with E-state index < -0.39 is 0 Å². The smallest absolute Gasteiger partial charge is 0.128 e. The second-order valence-electron chi connectivity index (χ2n) is 5.86. The summed E-state index contributed by atoms with van der Waals surface area (Å²) in [4.78, 5) is 0. The quantitative estimate of drug-likeness (QED) is 0.875. The number of aromatic nitrogens is 2. The zero-order valence-electron chi connectivity index (χ0n) is 13.3. The standard InChI is InChI=1S/C17H20N4S/c1-10-7-13(8-18)5-6-14(10)16-15-12(3)20-21(4)17(15)19-9-11(2)22-16/h5-7,11,16,19H,9H2,1-4H3/t11-,16+/m1/s1. The van der Waals surface area contributed by atoms with E-state index in [1.807, 2.05) is 35.6 Å². The van der Waals surface area contributed by atoms with E-state index in [9.17, 15) is 0 Å². The SMILES string of the molecule is Cc1cc(C#N)ccc1[C@@H]1S[C@H](C)CNc2c1c(C)nn2C. The second-order valence-corrected chi connectivity index (χ2v) is 7.41. The maximum atomic E-state index is 9.08. The first-order valence-electron chi connectivity index (χ1n) is 7.44. The van der Waals surface area contributed by atoms with Crippen LogP contribution < -0.4 is 5.32 Å². The van der Waals surface area contributed by atoms with Crippen molar-refractivity contribution in [2.24, 2.45) is 7.05 Å². The summed E-state index contributed by atoms with van der Waals surface area (Å²) in [6.45, 7) is 7.34. The van der Waals surface area contributed by atoms with Crippen LogP contribution in [0.3, 0.4) is 0 Å². The molecule has 0 aliphatic carbocycles. The Balaban J connectivity index is 2.15. The third kappa shape index (κ3) is 2.48. The molecule has 1 N–H and O–H groups in total. The summed E-state index contributed by atoms with van der Waals surface area (Å²) in [5.41, 5.74) is 5.50. The van der Waals surface area contributed by atoms with Crippen molar-refractivity contribution in [3.05, 3.63) is 46.1 Å². The fraction of sp³-hybridized carbons (Fsp3) is 0.412.